The van der Waals surface area contributed by atoms with Crippen molar-refractivity contribution in [2.24, 2.45) is 0 Å². The van der Waals surface area contributed by atoms with Gasteiger partial charge in [-0.3, -0.25) is 4.79 Å². The standard InChI is InChI=1S/C47H84O9/c1-3-5-7-9-11-13-15-17-18-19-20-21-22-23-24-25-26-28-30-32-34-36-43(49)55-41(40-54-47-46(52)45(51)44(50)42(38-48)56-47)39-53-37-35-33-31-29-27-16-14-12-10-8-6-4-2/h5,7,11,13,17-18,20-21,41-42,44-48,50-52H,3-4,6,8-10,12,14-16,19,22-40H2,1-2H3/b7-5-,13-11-,18-17-,21-20-. The number of aliphatic hydroxyl groups is 4. The van der Waals surface area contributed by atoms with E-state index in [2.05, 4.69) is 62.5 Å². The Morgan fingerprint density at radius 3 is 1.64 bits per heavy atom. The van der Waals surface area contributed by atoms with Crippen molar-refractivity contribution in [3.8, 4) is 0 Å². The molecule has 0 spiro atoms. The van der Waals surface area contributed by atoms with Gasteiger partial charge in [-0.25, -0.2) is 0 Å². The van der Waals surface area contributed by atoms with E-state index in [1.54, 1.807) is 0 Å². The summed E-state index contributed by atoms with van der Waals surface area (Å²) >= 11 is 0. The van der Waals surface area contributed by atoms with Crippen LogP contribution in [0.3, 0.4) is 0 Å². The van der Waals surface area contributed by atoms with Crippen molar-refractivity contribution in [3.05, 3.63) is 48.6 Å². The number of carbonyl (C=O) groups excluding carboxylic acids is 1. The Hall–Kier alpha value is -1.85. The first kappa shape index (κ1) is 52.2. The summed E-state index contributed by atoms with van der Waals surface area (Å²) in [4.78, 5) is 12.8. The molecule has 1 fully saturated rings. The van der Waals surface area contributed by atoms with Crippen molar-refractivity contribution < 1.29 is 44.2 Å². The molecule has 1 rings (SSSR count). The van der Waals surface area contributed by atoms with E-state index in [4.69, 9.17) is 18.9 Å². The molecule has 0 aromatic rings. The fraction of sp³-hybridized carbons (Fsp3) is 0.809. The van der Waals surface area contributed by atoms with E-state index in [1.165, 1.54) is 96.3 Å². The predicted molar refractivity (Wildman–Crippen MR) is 228 cm³/mol. The van der Waals surface area contributed by atoms with Gasteiger partial charge in [0.2, 0.25) is 0 Å². The average Bonchev–Trinajstić information content (AvgIpc) is 3.20. The van der Waals surface area contributed by atoms with Crippen molar-refractivity contribution in [3.63, 3.8) is 0 Å². The molecule has 56 heavy (non-hydrogen) atoms. The largest absolute Gasteiger partial charge is 0.457 e. The van der Waals surface area contributed by atoms with E-state index in [0.29, 0.717) is 13.0 Å². The average molecular weight is 793 g/mol. The van der Waals surface area contributed by atoms with Crippen molar-refractivity contribution in [1.29, 1.82) is 0 Å². The molecule has 1 aliphatic heterocycles. The van der Waals surface area contributed by atoms with Crippen molar-refractivity contribution >= 4 is 5.97 Å². The van der Waals surface area contributed by atoms with Gasteiger partial charge in [-0.1, -0.05) is 172 Å². The first-order valence-corrected chi connectivity index (χ1v) is 22.7. The topological polar surface area (TPSA) is 135 Å². The Kier molecular flexibility index (Phi) is 36.0. The molecule has 6 unspecified atom stereocenters. The second-order valence-electron chi connectivity index (χ2n) is 15.5. The molecule has 0 aromatic carbocycles. The molecule has 326 valence electrons. The van der Waals surface area contributed by atoms with Gasteiger partial charge in [-0.2, -0.15) is 0 Å². The molecule has 0 bridgehead atoms. The highest BCUT2D eigenvalue weighted by atomic mass is 16.7. The van der Waals surface area contributed by atoms with Crippen LogP contribution in [0.25, 0.3) is 0 Å². The molecule has 1 heterocycles. The third-order valence-corrected chi connectivity index (χ3v) is 10.3. The molecule has 0 aliphatic carbocycles. The fourth-order valence-electron chi connectivity index (χ4n) is 6.72. The van der Waals surface area contributed by atoms with Crippen molar-refractivity contribution in [2.75, 3.05) is 26.4 Å². The van der Waals surface area contributed by atoms with Gasteiger partial charge >= 0.3 is 5.97 Å². The minimum absolute atomic E-state index is 0.116. The number of ether oxygens (including phenoxy) is 4. The van der Waals surface area contributed by atoms with Crippen LogP contribution in [0, 0.1) is 0 Å². The van der Waals surface area contributed by atoms with Crippen LogP contribution in [0.4, 0.5) is 0 Å². The van der Waals surface area contributed by atoms with Crippen molar-refractivity contribution in [2.45, 2.75) is 218 Å². The lowest BCUT2D eigenvalue weighted by Crippen LogP contribution is -2.59. The molecule has 6 atom stereocenters. The van der Waals surface area contributed by atoms with Gasteiger partial charge in [0.05, 0.1) is 19.8 Å². The lowest BCUT2D eigenvalue weighted by molar-refractivity contribution is -0.305. The van der Waals surface area contributed by atoms with Gasteiger partial charge in [-0.05, 0) is 51.4 Å². The first-order chi connectivity index (χ1) is 27.4. The number of esters is 1. The van der Waals surface area contributed by atoms with Gasteiger partial charge < -0.3 is 39.4 Å². The number of aliphatic hydroxyl groups excluding tert-OH is 4. The molecule has 1 aliphatic rings. The molecule has 1 saturated heterocycles. The van der Waals surface area contributed by atoms with Crippen LogP contribution in [0.15, 0.2) is 48.6 Å². The number of hydrogen-bond donors (Lipinski definition) is 4. The number of allylic oxidation sites excluding steroid dienone is 8. The zero-order chi connectivity index (χ0) is 40.7. The lowest BCUT2D eigenvalue weighted by atomic mass is 9.99. The van der Waals surface area contributed by atoms with E-state index < -0.39 is 43.4 Å². The number of rotatable bonds is 38. The molecule has 9 nitrogen and oxygen atoms in total. The summed E-state index contributed by atoms with van der Waals surface area (Å²) in [6.45, 7) is 4.44. The normalized spacial score (nSPS) is 21.0. The van der Waals surface area contributed by atoms with E-state index >= 15 is 0 Å². The highest BCUT2D eigenvalue weighted by Crippen LogP contribution is 2.22. The van der Waals surface area contributed by atoms with Crippen LogP contribution < -0.4 is 0 Å². The van der Waals surface area contributed by atoms with Gasteiger partial charge in [0, 0.05) is 13.0 Å². The fourth-order valence-corrected chi connectivity index (χ4v) is 6.72. The van der Waals surface area contributed by atoms with Gasteiger partial charge in [0.1, 0.15) is 30.5 Å². The monoisotopic (exact) mass is 793 g/mol. The van der Waals surface area contributed by atoms with E-state index in [1.807, 2.05) is 0 Å². The second-order valence-corrected chi connectivity index (χ2v) is 15.5. The second kappa shape index (κ2) is 38.7. The molecule has 4 N–H and O–H groups in total. The minimum Gasteiger partial charge on any atom is -0.457 e. The Bertz CT molecular complexity index is 994. The zero-order valence-corrected chi connectivity index (χ0v) is 35.6. The quantitative estimate of drug-likeness (QED) is 0.0274. The molecule has 0 saturated carbocycles. The first-order valence-electron chi connectivity index (χ1n) is 22.7. The third-order valence-electron chi connectivity index (χ3n) is 10.3. The van der Waals surface area contributed by atoms with Gasteiger partial charge in [0.25, 0.3) is 0 Å². The smallest absolute Gasteiger partial charge is 0.306 e. The molecular formula is C47H84O9. The Labute approximate surface area is 342 Å². The number of hydrogen-bond acceptors (Lipinski definition) is 9. The molecule has 0 amide bonds. The maximum atomic E-state index is 12.8. The third kappa shape index (κ3) is 29.4. The van der Waals surface area contributed by atoms with Crippen LogP contribution in [0.2, 0.25) is 0 Å². The summed E-state index contributed by atoms with van der Waals surface area (Å²) < 4.78 is 22.8. The van der Waals surface area contributed by atoms with Crippen LogP contribution in [-0.4, -0.2) is 89.6 Å². The summed E-state index contributed by atoms with van der Waals surface area (Å²) in [5.74, 6) is -0.322. The molecular weight excluding hydrogens is 709 g/mol. The summed E-state index contributed by atoms with van der Waals surface area (Å²) in [7, 11) is 0. The minimum atomic E-state index is -1.54. The zero-order valence-electron chi connectivity index (χ0n) is 35.6. The van der Waals surface area contributed by atoms with Crippen LogP contribution in [0.5, 0.6) is 0 Å². The summed E-state index contributed by atoms with van der Waals surface area (Å²) in [5.41, 5.74) is 0. The van der Waals surface area contributed by atoms with Gasteiger partial charge in [-0.15, -0.1) is 0 Å². The predicted octanol–water partition coefficient (Wildman–Crippen LogP) is 10.1. The van der Waals surface area contributed by atoms with Crippen molar-refractivity contribution in [1.82, 2.24) is 0 Å². The van der Waals surface area contributed by atoms with Crippen LogP contribution in [0.1, 0.15) is 181 Å². The van der Waals surface area contributed by atoms with Gasteiger partial charge in [0.15, 0.2) is 6.29 Å². The Balaban J connectivity index is 2.24. The van der Waals surface area contributed by atoms with Crippen LogP contribution >= 0.6 is 0 Å². The summed E-state index contributed by atoms with van der Waals surface area (Å²) in [5, 5.41) is 40.1. The molecule has 0 radical (unpaired) electrons. The summed E-state index contributed by atoms with van der Waals surface area (Å²) in [6.07, 6.45) is 39.9. The summed E-state index contributed by atoms with van der Waals surface area (Å²) in [6, 6.07) is 0. The van der Waals surface area contributed by atoms with E-state index in [0.717, 1.165) is 64.2 Å². The Morgan fingerprint density at radius 1 is 0.589 bits per heavy atom. The number of unbranched alkanes of at least 4 members (excludes halogenated alkanes) is 19. The highest BCUT2D eigenvalue weighted by molar-refractivity contribution is 5.69. The van der Waals surface area contributed by atoms with E-state index in [-0.39, 0.29) is 19.2 Å². The maximum absolute atomic E-state index is 12.8. The maximum Gasteiger partial charge on any atom is 0.306 e. The Morgan fingerprint density at radius 2 is 1.09 bits per heavy atom. The number of carbonyl (C=O) groups is 1. The lowest BCUT2D eigenvalue weighted by Gasteiger charge is -2.39. The SMILES string of the molecule is CC/C=C\C/C=C\C/C=C\C/C=C\CCCCCCCCCCC(=O)OC(COCCCCCCCCCCCCCC)COC1OC(CO)C(O)C(O)C1O. The van der Waals surface area contributed by atoms with Crippen LogP contribution in [-0.2, 0) is 23.7 Å². The highest BCUT2D eigenvalue weighted by Gasteiger charge is 2.44. The molecule has 9 heteroatoms. The molecule has 0 aromatic heterocycles. The van der Waals surface area contributed by atoms with E-state index in [9.17, 15) is 25.2 Å².